The highest BCUT2D eigenvalue weighted by atomic mass is 19.1. The van der Waals surface area contributed by atoms with E-state index in [2.05, 4.69) is 5.32 Å². The van der Waals surface area contributed by atoms with E-state index in [1.165, 1.54) is 6.07 Å². The van der Waals surface area contributed by atoms with Gasteiger partial charge in [-0.05, 0) is 36.2 Å². The molecule has 16 heavy (non-hydrogen) atoms. The minimum Gasteiger partial charge on any atom is -0.381 e. The van der Waals surface area contributed by atoms with Crippen LogP contribution in [0.25, 0.3) is 0 Å². The van der Waals surface area contributed by atoms with Gasteiger partial charge in [0.15, 0.2) is 0 Å². The van der Waals surface area contributed by atoms with Gasteiger partial charge in [-0.25, -0.2) is 4.39 Å². The average Bonchev–Trinajstić information content (AvgIpc) is 2.32. The Kier molecular flexibility index (Phi) is 3.20. The van der Waals surface area contributed by atoms with Gasteiger partial charge in [-0.15, -0.1) is 0 Å². The van der Waals surface area contributed by atoms with Gasteiger partial charge in [0.2, 0.25) is 0 Å². The summed E-state index contributed by atoms with van der Waals surface area (Å²) in [5.41, 5.74) is 2.85. The minimum absolute atomic E-state index is 0.150. The van der Waals surface area contributed by atoms with Crippen molar-refractivity contribution in [2.75, 3.05) is 5.32 Å². The summed E-state index contributed by atoms with van der Waals surface area (Å²) in [4.78, 5) is 0. The van der Waals surface area contributed by atoms with Crippen molar-refractivity contribution in [1.29, 1.82) is 0 Å². The smallest absolute Gasteiger partial charge is 0.126 e. The predicted molar refractivity (Wildman–Crippen MR) is 64.9 cm³/mol. The highest BCUT2D eigenvalue weighted by Crippen LogP contribution is 2.12. The average molecular weight is 215 g/mol. The molecule has 0 unspecified atom stereocenters. The lowest BCUT2D eigenvalue weighted by Gasteiger charge is -2.07. The lowest BCUT2D eigenvalue weighted by molar-refractivity contribution is 0.617. The number of benzene rings is 2. The van der Waals surface area contributed by atoms with Gasteiger partial charge < -0.3 is 5.32 Å². The fourth-order valence-corrected chi connectivity index (χ4v) is 1.58. The van der Waals surface area contributed by atoms with Crippen LogP contribution in [0.15, 0.2) is 48.5 Å². The molecule has 0 bridgehead atoms. The molecule has 82 valence electrons. The highest BCUT2D eigenvalue weighted by molar-refractivity contribution is 5.43. The number of rotatable bonds is 3. The Morgan fingerprint density at radius 2 is 1.81 bits per heavy atom. The number of halogens is 1. The molecule has 0 heterocycles. The van der Waals surface area contributed by atoms with Gasteiger partial charge in [0.05, 0.1) is 0 Å². The second-order valence-corrected chi connectivity index (χ2v) is 3.80. The van der Waals surface area contributed by atoms with Crippen molar-refractivity contribution in [1.82, 2.24) is 0 Å². The summed E-state index contributed by atoms with van der Waals surface area (Å²) in [5, 5.41) is 3.29. The number of para-hydroxylation sites is 1. The summed E-state index contributed by atoms with van der Waals surface area (Å²) in [5.74, 6) is -0.150. The van der Waals surface area contributed by atoms with Crippen LogP contribution in [-0.2, 0) is 6.54 Å². The molecule has 0 atom stereocenters. The number of anilines is 1. The standard InChI is InChI=1S/C14H14FN/c1-11-9-12(7-8-14(11)15)10-16-13-5-3-2-4-6-13/h2-9,16H,10H2,1H3. The number of nitrogens with one attached hydrogen (secondary N) is 1. The van der Waals surface area contributed by atoms with Crippen LogP contribution in [0.5, 0.6) is 0 Å². The first-order chi connectivity index (χ1) is 7.75. The van der Waals surface area contributed by atoms with Crippen molar-refractivity contribution < 1.29 is 4.39 Å². The molecular weight excluding hydrogens is 201 g/mol. The van der Waals surface area contributed by atoms with E-state index in [1.54, 1.807) is 13.0 Å². The lowest BCUT2D eigenvalue weighted by atomic mass is 10.1. The Labute approximate surface area is 94.9 Å². The summed E-state index contributed by atoms with van der Waals surface area (Å²) in [6, 6.07) is 15.2. The van der Waals surface area contributed by atoms with E-state index >= 15 is 0 Å². The zero-order valence-corrected chi connectivity index (χ0v) is 9.20. The van der Waals surface area contributed by atoms with Crippen LogP contribution in [0.4, 0.5) is 10.1 Å². The van der Waals surface area contributed by atoms with E-state index in [1.807, 2.05) is 36.4 Å². The maximum Gasteiger partial charge on any atom is 0.126 e. The van der Waals surface area contributed by atoms with Crippen LogP contribution >= 0.6 is 0 Å². The lowest BCUT2D eigenvalue weighted by Crippen LogP contribution is -1.99. The van der Waals surface area contributed by atoms with E-state index in [4.69, 9.17) is 0 Å². The van der Waals surface area contributed by atoms with Crippen molar-refractivity contribution in [3.05, 3.63) is 65.5 Å². The quantitative estimate of drug-likeness (QED) is 0.822. The van der Waals surface area contributed by atoms with Crippen LogP contribution in [0.1, 0.15) is 11.1 Å². The Hall–Kier alpha value is -1.83. The molecule has 1 nitrogen and oxygen atoms in total. The molecule has 0 spiro atoms. The molecule has 0 fully saturated rings. The third-order valence-electron chi connectivity index (χ3n) is 2.49. The van der Waals surface area contributed by atoms with Crippen molar-refractivity contribution >= 4 is 5.69 Å². The molecule has 0 saturated heterocycles. The summed E-state index contributed by atoms with van der Waals surface area (Å²) < 4.78 is 13.0. The van der Waals surface area contributed by atoms with Crippen LogP contribution in [0.3, 0.4) is 0 Å². The van der Waals surface area contributed by atoms with Crippen molar-refractivity contribution in [3.8, 4) is 0 Å². The van der Waals surface area contributed by atoms with Gasteiger partial charge in [-0.2, -0.15) is 0 Å². The first-order valence-electron chi connectivity index (χ1n) is 5.29. The molecule has 0 aliphatic carbocycles. The maximum absolute atomic E-state index is 13.0. The Balaban J connectivity index is 2.03. The summed E-state index contributed by atoms with van der Waals surface area (Å²) in [6.07, 6.45) is 0. The van der Waals surface area contributed by atoms with Gasteiger partial charge in [-0.1, -0.05) is 30.3 Å². The molecule has 1 N–H and O–H groups in total. The maximum atomic E-state index is 13.0. The van der Waals surface area contributed by atoms with E-state index in [-0.39, 0.29) is 5.82 Å². The zero-order chi connectivity index (χ0) is 11.4. The number of hydrogen-bond donors (Lipinski definition) is 1. The van der Waals surface area contributed by atoms with Gasteiger partial charge in [-0.3, -0.25) is 0 Å². The topological polar surface area (TPSA) is 12.0 Å². The molecule has 0 aliphatic heterocycles. The molecule has 2 aromatic rings. The molecular formula is C14H14FN. The Morgan fingerprint density at radius 1 is 1.06 bits per heavy atom. The van der Waals surface area contributed by atoms with Crippen molar-refractivity contribution in [2.24, 2.45) is 0 Å². The first kappa shape index (κ1) is 10.7. The van der Waals surface area contributed by atoms with Gasteiger partial charge >= 0.3 is 0 Å². The molecule has 0 amide bonds. The predicted octanol–water partition coefficient (Wildman–Crippen LogP) is 3.75. The van der Waals surface area contributed by atoms with E-state index < -0.39 is 0 Å². The summed E-state index contributed by atoms with van der Waals surface area (Å²) >= 11 is 0. The Bertz CT molecular complexity index is 465. The first-order valence-corrected chi connectivity index (χ1v) is 5.29. The number of aryl methyl sites for hydroxylation is 1. The normalized spacial score (nSPS) is 10.1. The third-order valence-corrected chi connectivity index (χ3v) is 2.49. The van der Waals surface area contributed by atoms with E-state index in [9.17, 15) is 4.39 Å². The van der Waals surface area contributed by atoms with Gasteiger partial charge in [0.1, 0.15) is 5.82 Å². The van der Waals surface area contributed by atoms with E-state index in [0.717, 1.165) is 11.3 Å². The molecule has 0 radical (unpaired) electrons. The fraction of sp³-hybridized carbons (Fsp3) is 0.143. The summed E-state index contributed by atoms with van der Waals surface area (Å²) in [6.45, 7) is 2.49. The van der Waals surface area contributed by atoms with Crippen molar-refractivity contribution in [3.63, 3.8) is 0 Å². The van der Waals surface area contributed by atoms with Crippen LogP contribution < -0.4 is 5.32 Å². The highest BCUT2D eigenvalue weighted by Gasteiger charge is 1.98. The largest absolute Gasteiger partial charge is 0.381 e. The fourth-order valence-electron chi connectivity index (χ4n) is 1.58. The molecule has 0 saturated carbocycles. The Morgan fingerprint density at radius 3 is 2.50 bits per heavy atom. The molecule has 0 aromatic heterocycles. The van der Waals surface area contributed by atoms with Gasteiger partial charge in [0, 0.05) is 12.2 Å². The third kappa shape index (κ3) is 2.60. The molecule has 0 aliphatic rings. The number of hydrogen-bond acceptors (Lipinski definition) is 1. The second kappa shape index (κ2) is 4.79. The SMILES string of the molecule is Cc1cc(CNc2ccccc2)ccc1F. The summed E-state index contributed by atoms with van der Waals surface area (Å²) in [7, 11) is 0. The zero-order valence-electron chi connectivity index (χ0n) is 9.20. The minimum atomic E-state index is -0.150. The van der Waals surface area contributed by atoms with Crippen molar-refractivity contribution in [2.45, 2.75) is 13.5 Å². The monoisotopic (exact) mass is 215 g/mol. The van der Waals surface area contributed by atoms with Gasteiger partial charge in [0.25, 0.3) is 0 Å². The second-order valence-electron chi connectivity index (χ2n) is 3.80. The van der Waals surface area contributed by atoms with Crippen LogP contribution in [0.2, 0.25) is 0 Å². The van der Waals surface area contributed by atoms with Crippen LogP contribution in [0, 0.1) is 12.7 Å². The van der Waals surface area contributed by atoms with Crippen LogP contribution in [-0.4, -0.2) is 0 Å². The molecule has 2 rings (SSSR count). The molecule has 2 aromatic carbocycles. The molecule has 2 heteroatoms. The van der Waals surface area contributed by atoms with E-state index in [0.29, 0.717) is 12.1 Å².